The van der Waals surface area contributed by atoms with Gasteiger partial charge in [0, 0.05) is 4.47 Å². The van der Waals surface area contributed by atoms with Gasteiger partial charge in [-0.15, -0.1) is 0 Å². The number of ether oxygens (including phenoxy) is 1. The number of carbonyl (C=O) groups excluding carboxylic acids is 1. The van der Waals surface area contributed by atoms with Crippen LogP contribution in [0.2, 0.25) is 0 Å². The average Bonchev–Trinajstić information content (AvgIpc) is 2.47. The van der Waals surface area contributed by atoms with E-state index in [1.165, 1.54) is 0 Å². The molecule has 1 N–H and O–H groups in total. The minimum Gasteiger partial charge on any atom is -0.481 e. The molecule has 1 aliphatic heterocycles. The predicted octanol–water partition coefficient (Wildman–Crippen LogP) is 3.53. The van der Waals surface area contributed by atoms with Gasteiger partial charge in [-0.25, -0.2) is 4.79 Å². The molecule has 0 bridgehead atoms. The van der Waals surface area contributed by atoms with E-state index in [0.29, 0.717) is 16.7 Å². The van der Waals surface area contributed by atoms with Crippen LogP contribution in [0.25, 0.3) is 0 Å². The van der Waals surface area contributed by atoms with Crippen LogP contribution < -0.4 is 0 Å². The fourth-order valence-electron chi connectivity index (χ4n) is 2.54. The number of carboxylic acids is 1. The highest BCUT2D eigenvalue weighted by Gasteiger charge is 2.40. The minimum absolute atomic E-state index is 0.318. The maximum absolute atomic E-state index is 12.1. The Bertz CT molecular complexity index is 708. The predicted molar refractivity (Wildman–Crippen MR) is 79.1 cm³/mol. The van der Waals surface area contributed by atoms with Gasteiger partial charge in [0.1, 0.15) is 12.0 Å². The first kappa shape index (κ1) is 13.8. The second-order valence-corrected chi connectivity index (χ2v) is 5.70. The molecular weight excluding hydrogens is 336 g/mol. The Balaban J connectivity index is 2.11. The number of hydrogen-bond acceptors (Lipinski definition) is 3. The zero-order chi connectivity index (χ0) is 15.0. The quantitative estimate of drug-likeness (QED) is 0.845. The van der Waals surface area contributed by atoms with Crippen molar-refractivity contribution in [2.24, 2.45) is 0 Å². The molecule has 0 saturated heterocycles. The van der Waals surface area contributed by atoms with E-state index in [1.54, 1.807) is 48.5 Å². The van der Waals surface area contributed by atoms with Gasteiger partial charge in [-0.1, -0.05) is 46.3 Å². The molecule has 0 radical (unpaired) electrons. The molecule has 0 fully saturated rings. The number of benzene rings is 2. The molecule has 2 atom stereocenters. The zero-order valence-electron chi connectivity index (χ0n) is 10.8. The summed E-state index contributed by atoms with van der Waals surface area (Å²) >= 11 is 3.33. The van der Waals surface area contributed by atoms with Crippen molar-refractivity contribution in [2.45, 2.75) is 12.0 Å². The fraction of sp³-hybridized carbons (Fsp3) is 0.125. The molecule has 0 saturated carbocycles. The van der Waals surface area contributed by atoms with Crippen LogP contribution in [0.15, 0.2) is 53.0 Å². The van der Waals surface area contributed by atoms with Gasteiger partial charge in [0.15, 0.2) is 0 Å². The van der Waals surface area contributed by atoms with Gasteiger partial charge >= 0.3 is 11.9 Å². The van der Waals surface area contributed by atoms with Gasteiger partial charge in [0.05, 0.1) is 5.56 Å². The summed E-state index contributed by atoms with van der Waals surface area (Å²) in [6.45, 7) is 0. The van der Waals surface area contributed by atoms with Crippen LogP contribution in [0.4, 0.5) is 0 Å². The van der Waals surface area contributed by atoms with Gasteiger partial charge < -0.3 is 9.84 Å². The SMILES string of the molecule is O=C1OC(c2ccc(Br)cc2)C(C(=O)O)c2ccccc21. The standard InChI is InChI=1S/C16H11BrO4/c17-10-7-5-9(6-8-10)14-13(15(18)19)11-3-1-2-4-12(11)16(20)21-14/h1-8,13-14H,(H,18,19). The van der Waals surface area contributed by atoms with Crippen molar-refractivity contribution in [2.75, 3.05) is 0 Å². The molecule has 1 aliphatic rings. The van der Waals surface area contributed by atoms with Crippen molar-refractivity contribution < 1.29 is 19.4 Å². The van der Waals surface area contributed by atoms with E-state index in [9.17, 15) is 14.7 Å². The maximum atomic E-state index is 12.1. The van der Waals surface area contributed by atoms with Gasteiger partial charge in [-0.3, -0.25) is 4.79 Å². The second-order valence-electron chi connectivity index (χ2n) is 4.78. The summed E-state index contributed by atoms with van der Waals surface area (Å²) in [7, 11) is 0. The van der Waals surface area contributed by atoms with Gasteiger partial charge in [-0.05, 0) is 29.3 Å². The highest BCUT2D eigenvalue weighted by atomic mass is 79.9. The largest absolute Gasteiger partial charge is 0.481 e. The van der Waals surface area contributed by atoms with Gasteiger partial charge in [0.25, 0.3) is 0 Å². The zero-order valence-corrected chi connectivity index (χ0v) is 12.4. The van der Waals surface area contributed by atoms with E-state index >= 15 is 0 Å². The number of carboxylic acid groups (broad SMARTS) is 1. The molecule has 4 nitrogen and oxygen atoms in total. The molecule has 1 heterocycles. The van der Waals surface area contributed by atoms with Crippen molar-refractivity contribution in [1.29, 1.82) is 0 Å². The molecule has 2 unspecified atom stereocenters. The molecule has 3 rings (SSSR count). The van der Waals surface area contributed by atoms with Gasteiger partial charge in [-0.2, -0.15) is 0 Å². The summed E-state index contributed by atoms with van der Waals surface area (Å²) < 4.78 is 6.25. The van der Waals surface area contributed by atoms with Crippen LogP contribution in [0, 0.1) is 0 Å². The van der Waals surface area contributed by atoms with Gasteiger partial charge in [0.2, 0.25) is 0 Å². The Hall–Kier alpha value is -2.14. The first-order valence-electron chi connectivity index (χ1n) is 6.36. The number of hydrogen-bond donors (Lipinski definition) is 1. The Morgan fingerprint density at radius 3 is 2.43 bits per heavy atom. The van der Waals surface area contributed by atoms with Crippen molar-refractivity contribution in [3.63, 3.8) is 0 Å². The summed E-state index contributed by atoms with van der Waals surface area (Å²) in [5.41, 5.74) is 1.47. The fourth-order valence-corrected chi connectivity index (χ4v) is 2.80. The molecule has 2 aromatic carbocycles. The van der Waals surface area contributed by atoms with Crippen LogP contribution in [0.3, 0.4) is 0 Å². The minimum atomic E-state index is -1.01. The summed E-state index contributed by atoms with van der Waals surface area (Å²) in [6.07, 6.45) is -0.821. The lowest BCUT2D eigenvalue weighted by Crippen LogP contribution is -2.31. The van der Waals surface area contributed by atoms with E-state index in [-0.39, 0.29) is 0 Å². The highest BCUT2D eigenvalue weighted by Crippen LogP contribution is 2.40. The van der Waals surface area contributed by atoms with E-state index in [2.05, 4.69) is 15.9 Å². The van der Waals surface area contributed by atoms with E-state index < -0.39 is 24.0 Å². The van der Waals surface area contributed by atoms with Crippen molar-refractivity contribution in [1.82, 2.24) is 0 Å². The number of halogens is 1. The van der Waals surface area contributed by atoms with Crippen molar-refractivity contribution in [3.8, 4) is 0 Å². The Kier molecular flexibility index (Phi) is 3.51. The molecule has 0 aromatic heterocycles. The molecule has 5 heteroatoms. The molecule has 0 aliphatic carbocycles. The molecule has 0 amide bonds. The summed E-state index contributed by atoms with van der Waals surface area (Å²) in [4.78, 5) is 23.8. The van der Waals surface area contributed by atoms with Crippen LogP contribution >= 0.6 is 15.9 Å². The smallest absolute Gasteiger partial charge is 0.339 e. The van der Waals surface area contributed by atoms with Crippen molar-refractivity contribution in [3.05, 3.63) is 69.7 Å². The molecule has 106 valence electrons. The average molecular weight is 347 g/mol. The van der Waals surface area contributed by atoms with Crippen molar-refractivity contribution >= 4 is 27.9 Å². The topological polar surface area (TPSA) is 63.6 Å². The van der Waals surface area contributed by atoms with Crippen LogP contribution in [0.1, 0.15) is 33.5 Å². The lowest BCUT2D eigenvalue weighted by atomic mass is 9.84. The van der Waals surface area contributed by atoms with Crippen LogP contribution in [-0.4, -0.2) is 17.0 Å². The Labute approximate surface area is 129 Å². The monoisotopic (exact) mass is 346 g/mol. The molecule has 2 aromatic rings. The summed E-state index contributed by atoms with van der Waals surface area (Å²) in [5.74, 6) is -2.40. The third-order valence-electron chi connectivity index (χ3n) is 3.52. The lowest BCUT2D eigenvalue weighted by Gasteiger charge is -2.30. The first-order valence-corrected chi connectivity index (χ1v) is 7.15. The molecular formula is C16H11BrO4. The lowest BCUT2D eigenvalue weighted by molar-refractivity contribution is -0.142. The third-order valence-corrected chi connectivity index (χ3v) is 4.05. The molecule has 0 spiro atoms. The first-order chi connectivity index (χ1) is 10.1. The number of rotatable bonds is 2. The molecule has 21 heavy (non-hydrogen) atoms. The summed E-state index contributed by atoms with van der Waals surface area (Å²) in [5, 5.41) is 9.56. The number of cyclic esters (lactones) is 1. The van der Waals surface area contributed by atoms with Crippen LogP contribution in [-0.2, 0) is 9.53 Å². The Morgan fingerprint density at radius 1 is 1.10 bits per heavy atom. The van der Waals surface area contributed by atoms with Crippen LogP contribution in [0.5, 0.6) is 0 Å². The maximum Gasteiger partial charge on any atom is 0.339 e. The van der Waals surface area contributed by atoms with E-state index in [0.717, 1.165) is 4.47 Å². The van der Waals surface area contributed by atoms with E-state index in [4.69, 9.17) is 4.74 Å². The number of carbonyl (C=O) groups is 2. The number of aliphatic carboxylic acids is 1. The summed E-state index contributed by atoms with van der Waals surface area (Å²) in [6, 6.07) is 13.8. The van der Waals surface area contributed by atoms with E-state index in [1.807, 2.05) is 0 Å². The normalized spacial score (nSPS) is 20.5. The number of fused-ring (bicyclic) bond motifs is 1. The third kappa shape index (κ3) is 2.45. The highest BCUT2D eigenvalue weighted by molar-refractivity contribution is 9.10. The number of esters is 1. The second kappa shape index (κ2) is 5.33. The Morgan fingerprint density at radius 2 is 1.76 bits per heavy atom.